The second-order valence-corrected chi connectivity index (χ2v) is 2.53. The van der Waals surface area contributed by atoms with Crippen LogP contribution in [0.3, 0.4) is 0 Å². The first-order valence-electron chi connectivity index (χ1n) is 3.57. The summed E-state index contributed by atoms with van der Waals surface area (Å²) >= 11 is 0. The number of aliphatic hydroxyl groups excluding tert-OH is 5. The molecule has 0 aromatic carbocycles. The summed E-state index contributed by atoms with van der Waals surface area (Å²) in [6.07, 6.45) is -5.91. The molecule has 0 saturated carbocycles. The van der Waals surface area contributed by atoms with E-state index in [1.54, 1.807) is 0 Å². The van der Waals surface area contributed by atoms with Gasteiger partial charge in [0.05, 0.1) is 12.7 Å². The molecule has 4 atom stereocenters. The van der Waals surface area contributed by atoms with E-state index in [4.69, 9.17) is 31.3 Å². The molecule has 0 radical (unpaired) electrons. The third-order valence-corrected chi connectivity index (χ3v) is 1.57. The number of nitrogens with two attached hydrogens (primary N) is 1. The predicted molar refractivity (Wildman–Crippen MR) is 40.2 cm³/mol. The summed E-state index contributed by atoms with van der Waals surface area (Å²) in [5.74, 6) is 0. The Kier molecular flexibility index (Phi) is 42.6. The van der Waals surface area contributed by atoms with Gasteiger partial charge in [0.2, 0.25) is 0 Å². The molecular formula is C6H15Cl4NO5Ti. The van der Waals surface area contributed by atoms with Crippen molar-refractivity contribution in [3.8, 4) is 0 Å². The average molecular weight is 371 g/mol. The molecule has 106 valence electrons. The predicted octanol–water partition coefficient (Wildman–Crippen LogP) is -15.6. The van der Waals surface area contributed by atoms with E-state index < -0.39 is 31.0 Å². The molecule has 0 amide bonds. The van der Waals surface area contributed by atoms with E-state index in [1.165, 1.54) is 0 Å². The summed E-state index contributed by atoms with van der Waals surface area (Å²) in [6, 6.07) is 0. The molecule has 0 heterocycles. The SMILES string of the molecule is NCC(O)C(O)C(O)C(O)CO.[Cl-].[Cl-].[Cl-].[Cl-].[Ti+4]. The minimum atomic E-state index is -1.59. The Morgan fingerprint density at radius 3 is 1.29 bits per heavy atom. The van der Waals surface area contributed by atoms with E-state index in [-0.39, 0.29) is 77.9 Å². The second kappa shape index (κ2) is 20.0. The fourth-order valence-corrected chi connectivity index (χ4v) is 0.703. The van der Waals surface area contributed by atoms with E-state index in [1.807, 2.05) is 0 Å². The maximum absolute atomic E-state index is 9.04. The topological polar surface area (TPSA) is 127 Å². The van der Waals surface area contributed by atoms with Crippen LogP contribution in [0.25, 0.3) is 0 Å². The van der Waals surface area contributed by atoms with Gasteiger partial charge in [-0.1, -0.05) is 0 Å². The minimum absolute atomic E-state index is 0. The number of rotatable bonds is 5. The first-order valence-corrected chi connectivity index (χ1v) is 3.57. The van der Waals surface area contributed by atoms with Crippen LogP contribution in [0.2, 0.25) is 0 Å². The summed E-state index contributed by atoms with van der Waals surface area (Å²) in [6.45, 7) is -0.911. The molecule has 11 heteroatoms. The van der Waals surface area contributed by atoms with Crippen LogP contribution in [-0.2, 0) is 21.7 Å². The van der Waals surface area contributed by atoms with Crippen LogP contribution in [0.15, 0.2) is 0 Å². The van der Waals surface area contributed by atoms with Crippen molar-refractivity contribution in [2.45, 2.75) is 24.4 Å². The summed E-state index contributed by atoms with van der Waals surface area (Å²) in [7, 11) is 0. The molecule has 0 aromatic heterocycles. The molecule has 0 bridgehead atoms. The van der Waals surface area contributed by atoms with Crippen LogP contribution >= 0.6 is 0 Å². The van der Waals surface area contributed by atoms with Gasteiger partial charge in [-0.25, -0.2) is 0 Å². The largest absolute Gasteiger partial charge is 4.00 e. The van der Waals surface area contributed by atoms with Crippen molar-refractivity contribution in [3.63, 3.8) is 0 Å². The molecule has 0 fully saturated rings. The Morgan fingerprint density at radius 1 is 0.765 bits per heavy atom. The summed E-state index contributed by atoms with van der Waals surface area (Å²) in [5.41, 5.74) is 4.99. The van der Waals surface area contributed by atoms with Crippen LogP contribution in [0.4, 0.5) is 0 Å². The first-order chi connectivity index (χ1) is 5.54. The molecule has 0 saturated heterocycles. The van der Waals surface area contributed by atoms with Crippen LogP contribution in [0.1, 0.15) is 0 Å². The number of aliphatic hydroxyl groups is 5. The van der Waals surface area contributed by atoms with Gasteiger partial charge in [-0.05, 0) is 0 Å². The Labute approximate surface area is 139 Å². The van der Waals surface area contributed by atoms with Gasteiger partial charge >= 0.3 is 21.7 Å². The van der Waals surface area contributed by atoms with Crippen LogP contribution < -0.4 is 55.4 Å². The third-order valence-electron chi connectivity index (χ3n) is 1.57. The molecule has 0 aromatic rings. The van der Waals surface area contributed by atoms with Crippen LogP contribution in [0.5, 0.6) is 0 Å². The number of halogens is 4. The zero-order chi connectivity index (χ0) is 9.72. The molecule has 7 N–H and O–H groups in total. The smallest absolute Gasteiger partial charge is 1.00 e. The van der Waals surface area contributed by atoms with Gasteiger partial charge in [-0.3, -0.25) is 0 Å². The average Bonchev–Trinajstić information content (AvgIpc) is 2.12. The molecule has 0 aliphatic rings. The Bertz CT molecular complexity index is 127. The zero-order valence-electron chi connectivity index (χ0n) is 8.55. The van der Waals surface area contributed by atoms with Crippen LogP contribution in [0, 0.1) is 0 Å². The van der Waals surface area contributed by atoms with Gasteiger partial charge in [0.25, 0.3) is 0 Å². The monoisotopic (exact) mass is 369 g/mol. The fraction of sp³-hybridized carbons (Fsp3) is 1.00. The van der Waals surface area contributed by atoms with Crippen LogP contribution in [-0.4, -0.2) is 63.1 Å². The molecule has 4 unspecified atom stereocenters. The normalized spacial score (nSPS) is 15.2. The summed E-state index contributed by atoms with van der Waals surface area (Å²) in [4.78, 5) is 0. The quantitative estimate of drug-likeness (QED) is 0.267. The van der Waals surface area contributed by atoms with Crippen molar-refractivity contribution in [2.24, 2.45) is 5.73 Å². The molecule has 0 spiro atoms. The van der Waals surface area contributed by atoms with Crippen molar-refractivity contribution < 1.29 is 96.9 Å². The standard InChI is InChI=1S/C6H15NO5.4ClH.Ti/c7-1-3(9)5(11)6(12)4(10)2-8;;;;;/h3-6,8-12H,1-2,7H2;4*1H;/q;;;;;+4/p-4. The van der Waals surface area contributed by atoms with Crippen molar-refractivity contribution in [1.82, 2.24) is 0 Å². The maximum Gasteiger partial charge on any atom is 4.00 e. The van der Waals surface area contributed by atoms with Gasteiger partial charge in [-0.2, -0.15) is 0 Å². The Hall–Kier alpha value is 1.63. The molecule has 0 aliphatic carbocycles. The molecular weight excluding hydrogens is 356 g/mol. The van der Waals surface area contributed by atoms with Crippen molar-refractivity contribution in [2.75, 3.05) is 13.2 Å². The van der Waals surface area contributed by atoms with Gasteiger partial charge in [0.15, 0.2) is 0 Å². The van der Waals surface area contributed by atoms with Crippen molar-refractivity contribution >= 4 is 0 Å². The first kappa shape index (κ1) is 36.3. The molecule has 0 rings (SSSR count). The zero-order valence-corrected chi connectivity index (χ0v) is 13.1. The van der Waals surface area contributed by atoms with Crippen molar-refractivity contribution in [3.05, 3.63) is 0 Å². The summed E-state index contributed by atoms with van der Waals surface area (Å²) in [5, 5.41) is 44.2. The molecule has 17 heavy (non-hydrogen) atoms. The maximum atomic E-state index is 9.04. The fourth-order valence-electron chi connectivity index (χ4n) is 0.703. The van der Waals surface area contributed by atoms with E-state index in [0.29, 0.717) is 0 Å². The summed E-state index contributed by atoms with van der Waals surface area (Å²) < 4.78 is 0. The van der Waals surface area contributed by atoms with Gasteiger partial charge in [0.1, 0.15) is 18.3 Å². The van der Waals surface area contributed by atoms with Gasteiger partial charge < -0.3 is 80.9 Å². The van der Waals surface area contributed by atoms with Crippen molar-refractivity contribution in [1.29, 1.82) is 0 Å². The van der Waals surface area contributed by atoms with E-state index in [2.05, 4.69) is 0 Å². The van der Waals surface area contributed by atoms with E-state index >= 15 is 0 Å². The van der Waals surface area contributed by atoms with Gasteiger partial charge in [-0.15, -0.1) is 0 Å². The molecule has 0 aliphatic heterocycles. The van der Waals surface area contributed by atoms with E-state index in [0.717, 1.165) is 0 Å². The third kappa shape index (κ3) is 13.9. The van der Waals surface area contributed by atoms with E-state index in [9.17, 15) is 0 Å². The number of hydrogen-bond acceptors (Lipinski definition) is 6. The van der Waals surface area contributed by atoms with Gasteiger partial charge in [0, 0.05) is 6.54 Å². The number of hydrogen-bond donors (Lipinski definition) is 6. The Balaban J connectivity index is -0.0000000605. The Morgan fingerprint density at radius 2 is 1.06 bits per heavy atom. The minimum Gasteiger partial charge on any atom is -1.00 e. The second-order valence-electron chi connectivity index (χ2n) is 2.53. The molecule has 6 nitrogen and oxygen atoms in total.